The number of anilines is 1. The zero-order chi connectivity index (χ0) is 13.1. The summed E-state index contributed by atoms with van der Waals surface area (Å²) in [5, 5.41) is 2.16. The Hall–Kier alpha value is -1.32. The molecule has 2 heterocycles. The standard InChI is InChI=1S/C16H20N2S/c1-14-4-6-15(7-5-14)18-10-8-17(9-11-18)13-16-3-2-12-19-16/h2-7,12H,8-11,13H2,1H3. The highest BCUT2D eigenvalue weighted by molar-refractivity contribution is 7.09. The van der Waals surface area contributed by atoms with Crippen LogP contribution in [0.15, 0.2) is 41.8 Å². The molecule has 1 fully saturated rings. The molecule has 3 heteroatoms. The van der Waals surface area contributed by atoms with Crippen molar-refractivity contribution in [1.82, 2.24) is 4.90 Å². The Balaban J connectivity index is 1.56. The third-order valence-electron chi connectivity index (χ3n) is 3.73. The zero-order valence-electron chi connectivity index (χ0n) is 11.4. The van der Waals surface area contributed by atoms with Crippen molar-refractivity contribution in [3.05, 3.63) is 52.2 Å². The summed E-state index contributed by atoms with van der Waals surface area (Å²) >= 11 is 1.86. The molecule has 1 aromatic carbocycles. The second-order valence-corrected chi connectivity index (χ2v) is 6.21. The summed E-state index contributed by atoms with van der Waals surface area (Å²) in [5.41, 5.74) is 2.70. The predicted octanol–water partition coefficient (Wildman–Crippen LogP) is 3.38. The van der Waals surface area contributed by atoms with Gasteiger partial charge >= 0.3 is 0 Å². The molecule has 0 N–H and O–H groups in total. The first kappa shape index (κ1) is 12.7. The van der Waals surface area contributed by atoms with Crippen LogP contribution < -0.4 is 4.90 Å². The molecular formula is C16H20N2S. The molecule has 2 nitrogen and oxygen atoms in total. The van der Waals surface area contributed by atoms with Gasteiger partial charge in [0, 0.05) is 43.3 Å². The zero-order valence-corrected chi connectivity index (χ0v) is 12.2. The fraction of sp³-hybridized carbons (Fsp3) is 0.375. The van der Waals surface area contributed by atoms with Crippen molar-refractivity contribution in [3.8, 4) is 0 Å². The van der Waals surface area contributed by atoms with Crippen molar-refractivity contribution < 1.29 is 0 Å². The van der Waals surface area contributed by atoms with Gasteiger partial charge in [-0.25, -0.2) is 0 Å². The van der Waals surface area contributed by atoms with E-state index in [1.165, 1.54) is 16.1 Å². The van der Waals surface area contributed by atoms with Crippen LogP contribution in [0.2, 0.25) is 0 Å². The van der Waals surface area contributed by atoms with Gasteiger partial charge in [0.1, 0.15) is 0 Å². The molecule has 100 valence electrons. The van der Waals surface area contributed by atoms with E-state index < -0.39 is 0 Å². The lowest BCUT2D eigenvalue weighted by Crippen LogP contribution is -2.45. The Morgan fingerprint density at radius 1 is 1.00 bits per heavy atom. The molecule has 0 spiro atoms. The minimum absolute atomic E-state index is 1.11. The Kier molecular flexibility index (Phi) is 3.85. The lowest BCUT2D eigenvalue weighted by Gasteiger charge is -2.36. The average molecular weight is 272 g/mol. The summed E-state index contributed by atoms with van der Waals surface area (Å²) in [4.78, 5) is 6.52. The van der Waals surface area contributed by atoms with Crippen LogP contribution in [0.4, 0.5) is 5.69 Å². The van der Waals surface area contributed by atoms with Gasteiger partial charge in [-0.3, -0.25) is 4.90 Å². The molecule has 0 unspecified atom stereocenters. The molecule has 1 saturated heterocycles. The monoisotopic (exact) mass is 272 g/mol. The van der Waals surface area contributed by atoms with E-state index in [0.717, 1.165) is 32.7 Å². The number of rotatable bonds is 3. The normalized spacial score (nSPS) is 16.8. The molecule has 1 aliphatic rings. The van der Waals surface area contributed by atoms with Gasteiger partial charge in [-0.15, -0.1) is 11.3 Å². The van der Waals surface area contributed by atoms with Gasteiger partial charge < -0.3 is 4.90 Å². The first-order chi connectivity index (χ1) is 9.31. The molecule has 1 aromatic heterocycles. The first-order valence-corrected chi connectivity index (χ1v) is 7.75. The molecular weight excluding hydrogens is 252 g/mol. The topological polar surface area (TPSA) is 6.48 Å². The second kappa shape index (κ2) is 5.76. The third kappa shape index (κ3) is 3.17. The van der Waals surface area contributed by atoms with E-state index in [9.17, 15) is 0 Å². The van der Waals surface area contributed by atoms with Gasteiger partial charge in [-0.2, -0.15) is 0 Å². The number of piperazine rings is 1. The summed E-state index contributed by atoms with van der Waals surface area (Å²) in [6, 6.07) is 13.3. The Bertz CT molecular complexity index is 496. The second-order valence-electron chi connectivity index (χ2n) is 5.18. The highest BCUT2D eigenvalue weighted by Gasteiger charge is 2.17. The average Bonchev–Trinajstić information content (AvgIpc) is 2.94. The van der Waals surface area contributed by atoms with Crippen molar-refractivity contribution in [1.29, 1.82) is 0 Å². The Morgan fingerprint density at radius 3 is 2.37 bits per heavy atom. The molecule has 2 aromatic rings. The molecule has 0 atom stereocenters. The number of benzene rings is 1. The van der Waals surface area contributed by atoms with Gasteiger partial charge in [0.05, 0.1) is 0 Å². The maximum Gasteiger partial charge on any atom is 0.0367 e. The van der Waals surface area contributed by atoms with Crippen LogP contribution in [0.1, 0.15) is 10.4 Å². The van der Waals surface area contributed by atoms with Gasteiger partial charge in [-0.05, 0) is 30.5 Å². The number of thiophene rings is 1. The van der Waals surface area contributed by atoms with Crippen LogP contribution in [0.5, 0.6) is 0 Å². The maximum absolute atomic E-state index is 2.55. The molecule has 3 rings (SSSR count). The van der Waals surface area contributed by atoms with Crippen LogP contribution in [0.25, 0.3) is 0 Å². The summed E-state index contributed by atoms with van der Waals surface area (Å²) in [6.45, 7) is 7.84. The minimum atomic E-state index is 1.11. The summed E-state index contributed by atoms with van der Waals surface area (Å²) in [5.74, 6) is 0. The maximum atomic E-state index is 2.55. The van der Waals surface area contributed by atoms with E-state index >= 15 is 0 Å². The quantitative estimate of drug-likeness (QED) is 0.845. The van der Waals surface area contributed by atoms with E-state index in [1.807, 2.05) is 11.3 Å². The molecule has 0 bridgehead atoms. The molecule has 0 radical (unpaired) electrons. The van der Waals surface area contributed by atoms with Crippen molar-refractivity contribution in [2.45, 2.75) is 13.5 Å². The Morgan fingerprint density at radius 2 is 1.74 bits per heavy atom. The predicted molar refractivity (Wildman–Crippen MR) is 83.0 cm³/mol. The minimum Gasteiger partial charge on any atom is -0.369 e. The van der Waals surface area contributed by atoms with E-state index in [-0.39, 0.29) is 0 Å². The number of hydrogen-bond acceptors (Lipinski definition) is 3. The third-order valence-corrected chi connectivity index (χ3v) is 4.59. The van der Waals surface area contributed by atoms with Crippen LogP contribution in [0.3, 0.4) is 0 Å². The van der Waals surface area contributed by atoms with E-state index in [0.29, 0.717) is 0 Å². The summed E-state index contributed by atoms with van der Waals surface area (Å²) in [7, 11) is 0. The van der Waals surface area contributed by atoms with Crippen LogP contribution in [-0.2, 0) is 6.54 Å². The van der Waals surface area contributed by atoms with Gasteiger partial charge in [-0.1, -0.05) is 23.8 Å². The summed E-state index contributed by atoms with van der Waals surface area (Å²) < 4.78 is 0. The van der Waals surface area contributed by atoms with Crippen LogP contribution in [0, 0.1) is 6.92 Å². The van der Waals surface area contributed by atoms with Gasteiger partial charge in [0.2, 0.25) is 0 Å². The lowest BCUT2D eigenvalue weighted by atomic mass is 10.2. The number of aryl methyl sites for hydroxylation is 1. The van der Waals surface area contributed by atoms with E-state index in [2.05, 4.69) is 58.5 Å². The largest absolute Gasteiger partial charge is 0.369 e. The lowest BCUT2D eigenvalue weighted by molar-refractivity contribution is 0.252. The van der Waals surface area contributed by atoms with Crippen molar-refractivity contribution in [2.24, 2.45) is 0 Å². The fourth-order valence-electron chi connectivity index (χ4n) is 2.54. The molecule has 1 aliphatic heterocycles. The highest BCUT2D eigenvalue weighted by Crippen LogP contribution is 2.19. The van der Waals surface area contributed by atoms with Gasteiger partial charge in [0.15, 0.2) is 0 Å². The van der Waals surface area contributed by atoms with Crippen molar-refractivity contribution in [2.75, 3.05) is 31.1 Å². The SMILES string of the molecule is Cc1ccc(N2CCN(Cc3cccs3)CC2)cc1. The highest BCUT2D eigenvalue weighted by atomic mass is 32.1. The summed E-state index contributed by atoms with van der Waals surface area (Å²) in [6.07, 6.45) is 0. The number of hydrogen-bond donors (Lipinski definition) is 0. The molecule has 0 aliphatic carbocycles. The van der Waals surface area contributed by atoms with Crippen LogP contribution in [-0.4, -0.2) is 31.1 Å². The Labute approximate surface area is 119 Å². The molecule has 0 amide bonds. The molecule has 0 saturated carbocycles. The fourth-order valence-corrected chi connectivity index (χ4v) is 3.29. The smallest absolute Gasteiger partial charge is 0.0367 e. The van der Waals surface area contributed by atoms with Crippen molar-refractivity contribution in [3.63, 3.8) is 0 Å². The van der Waals surface area contributed by atoms with E-state index in [4.69, 9.17) is 0 Å². The van der Waals surface area contributed by atoms with Crippen LogP contribution >= 0.6 is 11.3 Å². The first-order valence-electron chi connectivity index (χ1n) is 6.87. The van der Waals surface area contributed by atoms with E-state index in [1.54, 1.807) is 0 Å². The number of nitrogens with zero attached hydrogens (tertiary/aromatic N) is 2. The van der Waals surface area contributed by atoms with Gasteiger partial charge in [0.25, 0.3) is 0 Å². The van der Waals surface area contributed by atoms with Crippen molar-refractivity contribution >= 4 is 17.0 Å². The molecule has 19 heavy (non-hydrogen) atoms.